The number of aryl methyl sites for hydroxylation is 1. The summed E-state index contributed by atoms with van der Waals surface area (Å²) < 4.78 is 2.72. The Kier molecular flexibility index (Phi) is 2.73. The van der Waals surface area contributed by atoms with Crippen molar-refractivity contribution in [3.63, 3.8) is 0 Å². The second kappa shape index (κ2) is 4.26. The molecule has 0 unspecified atom stereocenters. The van der Waals surface area contributed by atoms with Gasteiger partial charge in [0.2, 0.25) is 0 Å². The summed E-state index contributed by atoms with van der Waals surface area (Å²) in [6.07, 6.45) is 0. The van der Waals surface area contributed by atoms with E-state index in [0.717, 1.165) is 21.7 Å². The molecule has 2 nitrogen and oxygen atoms in total. The number of hydrogen-bond donors (Lipinski definition) is 1. The number of nitrogens with zero attached hydrogens (tertiary/aromatic N) is 1. The molecule has 1 aromatic heterocycles. The van der Waals surface area contributed by atoms with Gasteiger partial charge in [-0.1, -0.05) is 23.7 Å². The molecule has 0 aliphatic carbocycles. The standard InChI is InChI=1S/C14H11ClN2S/c1-9-3-2-4-12-13(9)16-14(18)17(12)11-7-5-10(15)6-8-11/h2-8H,1H3,(H,16,18). The van der Waals surface area contributed by atoms with Crippen LogP contribution < -0.4 is 0 Å². The molecular formula is C14H11ClN2S. The van der Waals surface area contributed by atoms with Crippen LogP contribution in [0.4, 0.5) is 0 Å². The third-order valence-electron chi connectivity index (χ3n) is 3.01. The number of fused-ring (bicyclic) bond motifs is 1. The van der Waals surface area contributed by atoms with Crippen LogP contribution >= 0.6 is 23.8 Å². The Hall–Kier alpha value is -1.58. The second-order valence-electron chi connectivity index (χ2n) is 4.21. The number of imidazole rings is 1. The SMILES string of the molecule is Cc1cccc2c1[nH]c(=S)n2-c1ccc(Cl)cc1. The van der Waals surface area contributed by atoms with Gasteiger partial charge in [-0.25, -0.2) is 0 Å². The third-order valence-corrected chi connectivity index (χ3v) is 3.55. The Morgan fingerprint density at radius 1 is 1.11 bits per heavy atom. The zero-order chi connectivity index (χ0) is 12.7. The minimum absolute atomic E-state index is 0.696. The Morgan fingerprint density at radius 3 is 2.56 bits per heavy atom. The van der Waals surface area contributed by atoms with Gasteiger partial charge in [0, 0.05) is 10.7 Å². The number of H-pyrrole nitrogens is 1. The molecule has 0 bridgehead atoms. The first-order chi connectivity index (χ1) is 8.66. The maximum atomic E-state index is 5.91. The molecule has 0 radical (unpaired) electrons. The first-order valence-corrected chi connectivity index (χ1v) is 6.42. The van der Waals surface area contributed by atoms with E-state index in [2.05, 4.69) is 24.0 Å². The smallest absolute Gasteiger partial charge is 0.182 e. The van der Waals surface area contributed by atoms with Gasteiger partial charge in [0.25, 0.3) is 0 Å². The number of hydrogen-bond acceptors (Lipinski definition) is 1. The normalized spacial score (nSPS) is 11.0. The Morgan fingerprint density at radius 2 is 1.83 bits per heavy atom. The molecule has 0 atom stereocenters. The number of halogens is 1. The van der Waals surface area contributed by atoms with E-state index in [1.165, 1.54) is 5.56 Å². The van der Waals surface area contributed by atoms with Crippen molar-refractivity contribution in [2.75, 3.05) is 0 Å². The first-order valence-electron chi connectivity index (χ1n) is 5.63. The minimum atomic E-state index is 0.696. The van der Waals surface area contributed by atoms with Crippen LogP contribution in [-0.4, -0.2) is 9.55 Å². The van der Waals surface area contributed by atoms with Crippen LogP contribution in [0.5, 0.6) is 0 Å². The molecule has 0 aliphatic rings. The first kappa shape index (κ1) is 11.5. The molecule has 0 amide bonds. The number of aromatic amines is 1. The van der Waals surface area contributed by atoms with Gasteiger partial charge < -0.3 is 4.98 Å². The largest absolute Gasteiger partial charge is 0.330 e. The second-order valence-corrected chi connectivity index (χ2v) is 5.03. The molecule has 0 aliphatic heterocycles. The molecule has 0 fully saturated rings. The van der Waals surface area contributed by atoms with Gasteiger partial charge in [-0.05, 0) is 55.0 Å². The van der Waals surface area contributed by atoms with E-state index in [9.17, 15) is 0 Å². The summed E-state index contributed by atoms with van der Waals surface area (Å²) >= 11 is 11.3. The van der Waals surface area contributed by atoms with Crippen molar-refractivity contribution >= 4 is 34.9 Å². The Bertz CT molecular complexity index is 769. The van der Waals surface area contributed by atoms with Crippen LogP contribution in [0, 0.1) is 11.7 Å². The van der Waals surface area contributed by atoms with E-state index in [1.54, 1.807) is 0 Å². The van der Waals surface area contributed by atoms with Gasteiger partial charge in [-0.15, -0.1) is 0 Å². The van der Waals surface area contributed by atoms with Crippen LogP contribution in [-0.2, 0) is 0 Å². The van der Waals surface area contributed by atoms with Crippen molar-refractivity contribution in [3.8, 4) is 5.69 Å². The highest BCUT2D eigenvalue weighted by molar-refractivity contribution is 7.71. The number of rotatable bonds is 1. The Balaban J connectivity index is 2.35. The number of nitrogens with one attached hydrogen (secondary N) is 1. The van der Waals surface area contributed by atoms with Crippen molar-refractivity contribution in [1.29, 1.82) is 0 Å². The zero-order valence-electron chi connectivity index (χ0n) is 9.77. The molecule has 0 saturated heterocycles. The number of para-hydroxylation sites is 1. The van der Waals surface area contributed by atoms with Gasteiger partial charge in [0.15, 0.2) is 4.77 Å². The number of benzene rings is 2. The van der Waals surface area contributed by atoms with Crippen molar-refractivity contribution < 1.29 is 0 Å². The van der Waals surface area contributed by atoms with Crippen molar-refractivity contribution in [2.24, 2.45) is 0 Å². The van der Waals surface area contributed by atoms with Crippen LogP contribution in [0.25, 0.3) is 16.7 Å². The van der Waals surface area contributed by atoms with Crippen LogP contribution in [0.2, 0.25) is 5.02 Å². The van der Waals surface area contributed by atoms with Crippen LogP contribution in [0.3, 0.4) is 0 Å². The highest BCUT2D eigenvalue weighted by Crippen LogP contribution is 2.22. The fourth-order valence-corrected chi connectivity index (χ4v) is 2.55. The molecule has 2 aromatic carbocycles. The fourth-order valence-electron chi connectivity index (χ4n) is 2.12. The topological polar surface area (TPSA) is 20.7 Å². The van der Waals surface area contributed by atoms with E-state index in [1.807, 2.05) is 34.9 Å². The van der Waals surface area contributed by atoms with Crippen LogP contribution in [0.15, 0.2) is 42.5 Å². The van der Waals surface area contributed by atoms with E-state index >= 15 is 0 Å². The predicted octanol–water partition coefficient (Wildman–Crippen LogP) is 4.65. The van der Waals surface area contributed by atoms with Gasteiger partial charge in [0.1, 0.15) is 0 Å². The third kappa shape index (κ3) is 1.76. The van der Waals surface area contributed by atoms with E-state index in [4.69, 9.17) is 23.8 Å². The average molecular weight is 275 g/mol. The fraction of sp³-hybridized carbons (Fsp3) is 0.0714. The van der Waals surface area contributed by atoms with Gasteiger partial charge in [-0.3, -0.25) is 4.57 Å². The lowest BCUT2D eigenvalue weighted by atomic mass is 10.2. The van der Waals surface area contributed by atoms with Crippen molar-refractivity contribution in [1.82, 2.24) is 9.55 Å². The quantitative estimate of drug-likeness (QED) is 0.641. The molecule has 90 valence electrons. The van der Waals surface area contributed by atoms with E-state index < -0.39 is 0 Å². The highest BCUT2D eigenvalue weighted by atomic mass is 35.5. The summed E-state index contributed by atoms with van der Waals surface area (Å²) in [6.45, 7) is 2.07. The van der Waals surface area contributed by atoms with Crippen LogP contribution in [0.1, 0.15) is 5.56 Å². The summed E-state index contributed by atoms with van der Waals surface area (Å²) in [5.74, 6) is 0. The summed E-state index contributed by atoms with van der Waals surface area (Å²) in [5.41, 5.74) is 4.37. The molecule has 18 heavy (non-hydrogen) atoms. The molecule has 4 heteroatoms. The summed E-state index contributed by atoms with van der Waals surface area (Å²) in [5, 5.41) is 0.723. The minimum Gasteiger partial charge on any atom is -0.330 e. The summed E-state index contributed by atoms with van der Waals surface area (Å²) in [4.78, 5) is 3.25. The Labute approximate surface area is 115 Å². The molecular weight excluding hydrogens is 264 g/mol. The van der Waals surface area contributed by atoms with E-state index in [0.29, 0.717) is 4.77 Å². The lowest BCUT2D eigenvalue weighted by Crippen LogP contribution is -1.93. The lowest BCUT2D eigenvalue weighted by Gasteiger charge is -2.04. The molecule has 3 rings (SSSR count). The molecule has 1 heterocycles. The maximum absolute atomic E-state index is 5.91. The van der Waals surface area contributed by atoms with E-state index in [-0.39, 0.29) is 0 Å². The number of aromatic nitrogens is 2. The maximum Gasteiger partial charge on any atom is 0.182 e. The van der Waals surface area contributed by atoms with Crippen molar-refractivity contribution in [2.45, 2.75) is 6.92 Å². The van der Waals surface area contributed by atoms with Crippen molar-refractivity contribution in [3.05, 3.63) is 57.8 Å². The van der Waals surface area contributed by atoms with Gasteiger partial charge >= 0.3 is 0 Å². The lowest BCUT2D eigenvalue weighted by molar-refractivity contribution is 1.06. The molecule has 0 saturated carbocycles. The monoisotopic (exact) mass is 274 g/mol. The average Bonchev–Trinajstić information content (AvgIpc) is 2.69. The van der Waals surface area contributed by atoms with Gasteiger partial charge in [0.05, 0.1) is 11.0 Å². The summed E-state index contributed by atoms with van der Waals surface area (Å²) in [6, 6.07) is 13.8. The van der Waals surface area contributed by atoms with Gasteiger partial charge in [-0.2, -0.15) is 0 Å². The highest BCUT2D eigenvalue weighted by Gasteiger charge is 2.07. The predicted molar refractivity (Wildman–Crippen MR) is 78.2 cm³/mol. The summed E-state index contributed by atoms with van der Waals surface area (Å²) in [7, 11) is 0. The molecule has 3 aromatic rings. The molecule has 0 spiro atoms. The molecule has 1 N–H and O–H groups in total. The zero-order valence-corrected chi connectivity index (χ0v) is 11.3.